The molecule has 0 saturated carbocycles. The van der Waals surface area contributed by atoms with Crippen molar-refractivity contribution in [3.63, 3.8) is 0 Å². The molecule has 4 N–H and O–H groups in total. The van der Waals surface area contributed by atoms with Crippen molar-refractivity contribution in [2.75, 3.05) is 6.54 Å². The normalized spacial score (nSPS) is 18.0. The van der Waals surface area contributed by atoms with E-state index in [0.717, 1.165) is 59.4 Å². The van der Waals surface area contributed by atoms with Crippen molar-refractivity contribution < 1.29 is 29.4 Å². The topological polar surface area (TPSA) is 205 Å². The second-order valence-corrected chi connectivity index (χ2v) is 19.9. The van der Waals surface area contributed by atoms with Crippen molar-refractivity contribution in [1.29, 1.82) is 0 Å². The number of carbonyl (C=O) groups is 4. The average molecular weight is 914 g/mol. The molecule has 3 amide bonds. The van der Waals surface area contributed by atoms with Gasteiger partial charge in [0.2, 0.25) is 11.8 Å². The number of amides is 3. The number of thiophene rings is 1. The fraction of sp³-hybridized carbons (Fsp3) is 0.354. The first-order valence-electron chi connectivity index (χ1n) is 21.4. The Labute approximate surface area is 384 Å². The van der Waals surface area contributed by atoms with Gasteiger partial charge in [0, 0.05) is 40.7 Å². The number of carbonyl (C=O) groups excluding carboxylic acids is 3. The molecule has 2 aromatic carbocycles. The van der Waals surface area contributed by atoms with Gasteiger partial charge in [-0.15, -0.1) is 32.9 Å². The largest absolute Gasteiger partial charge is 0.481 e. The fourth-order valence-corrected chi connectivity index (χ4v) is 10.5. The molecule has 5 atom stereocenters. The zero-order chi connectivity index (χ0) is 46.5. The van der Waals surface area contributed by atoms with E-state index in [9.17, 15) is 29.4 Å². The highest BCUT2D eigenvalue weighted by Gasteiger charge is 2.45. The van der Waals surface area contributed by atoms with Gasteiger partial charge < -0.3 is 25.7 Å². The van der Waals surface area contributed by atoms with Crippen LogP contribution < -0.4 is 10.6 Å². The van der Waals surface area contributed by atoms with E-state index in [1.54, 1.807) is 41.0 Å². The molecule has 2 aliphatic heterocycles. The van der Waals surface area contributed by atoms with Gasteiger partial charge in [-0.3, -0.25) is 33.7 Å². The molecule has 4 aromatic heterocycles. The molecule has 17 heteroatoms. The van der Waals surface area contributed by atoms with Crippen LogP contribution in [0.25, 0.3) is 26.6 Å². The molecule has 0 radical (unpaired) electrons. The highest BCUT2D eigenvalue weighted by atomic mass is 32.1. The third-order valence-corrected chi connectivity index (χ3v) is 14.3. The van der Waals surface area contributed by atoms with Crippen LogP contribution in [0.4, 0.5) is 0 Å². The molecule has 2 aliphatic rings. The van der Waals surface area contributed by atoms with Gasteiger partial charge in [-0.2, -0.15) is 0 Å². The second kappa shape index (κ2) is 17.9. The Hall–Kier alpha value is -6.43. The SMILES string of the molecule is Cc1ncsc1-c1ccc([C@H](C)NC(=O)[C@@H]2C[C@@H](O)CN2C(=O)[C@@H](NC(=O)c2ccc(-c3ccc(C4=N[C@@H](CC(=O)O)c5nnc(C)n5-c5sc(C)c(C)c54)cc3)cn2)C(C)(C)C)cc1. The minimum absolute atomic E-state index is 0.0471. The first-order valence-corrected chi connectivity index (χ1v) is 23.1. The summed E-state index contributed by atoms with van der Waals surface area (Å²) < 4.78 is 1.92. The number of aliphatic carboxylic acids is 1. The minimum atomic E-state index is -1.04. The number of benzene rings is 2. The Balaban J connectivity index is 0.962. The summed E-state index contributed by atoms with van der Waals surface area (Å²) in [6.07, 6.45) is 0.510. The number of pyridine rings is 1. The number of hydrogen-bond donors (Lipinski definition) is 4. The summed E-state index contributed by atoms with van der Waals surface area (Å²) in [5, 5.41) is 36.0. The van der Waals surface area contributed by atoms with E-state index in [-0.39, 0.29) is 37.0 Å². The smallest absolute Gasteiger partial charge is 0.306 e. The van der Waals surface area contributed by atoms with Gasteiger partial charge in [-0.1, -0.05) is 75.4 Å². The number of nitrogens with one attached hydrogen (secondary N) is 2. The molecule has 65 heavy (non-hydrogen) atoms. The molecule has 6 heterocycles. The van der Waals surface area contributed by atoms with E-state index < -0.39 is 47.4 Å². The van der Waals surface area contributed by atoms with Gasteiger partial charge >= 0.3 is 5.97 Å². The van der Waals surface area contributed by atoms with E-state index in [1.165, 1.54) is 4.90 Å². The molecule has 15 nitrogen and oxygen atoms in total. The number of rotatable bonds is 11. The molecular formula is C48H51N9O6S2. The number of thiazole rings is 1. The van der Waals surface area contributed by atoms with Crippen molar-refractivity contribution in [1.82, 2.24) is 40.3 Å². The standard InChI is InChI=1S/C48H51N9O6S2/c1-24-27(4)65-47-39(24)40(52-36(20-38(59)60)43-55-54-28(5)57(43)47)31-13-11-30(12-14-31)33-17-18-35(49-21-33)44(61)53-42(48(6,7)8)46(63)56-22-34(58)19-37(56)45(62)51-25(2)29-9-15-32(16-10-29)41-26(3)50-23-64-41/h9-18,21,23,25,34,36-37,42,58H,19-20,22H2,1-8H3,(H,51,62)(H,53,61)(H,59,60)/t25-,34+,36-,37-,42+/m0/s1. The Morgan fingerprint density at radius 1 is 0.877 bits per heavy atom. The summed E-state index contributed by atoms with van der Waals surface area (Å²) in [5.74, 6) is -1.27. The maximum absolute atomic E-state index is 14.3. The number of carboxylic acid groups (broad SMARTS) is 1. The van der Waals surface area contributed by atoms with Gasteiger partial charge in [0.25, 0.3) is 5.91 Å². The predicted molar refractivity (Wildman–Crippen MR) is 249 cm³/mol. The van der Waals surface area contributed by atoms with Gasteiger partial charge in [0.15, 0.2) is 5.82 Å². The van der Waals surface area contributed by atoms with Crippen molar-refractivity contribution in [3.05, 3.63) is 123 Å². The van der Waals surface area contributed by atoms with Crippen LogP contribution in [-0.2, 0) is 14.4 Å². The molecular weight excluding hydrogens is 863 g/mol. The van der Waals surface area contributed by atoms with Crippen molar-refractivity contribution in [3.8, 4) is 26.6 Å². The number of likely N-dealkylation sites (tertiary alicyclic amines) is 1. The summed E-state index contributed by atoms with van der Waals surface area (Å²) >= 11 is 3.16. The summed E-state index contributed by atoms with van der Waals surface area (Å²) in [5.41, 5.74) is 9.04. The van der Waals surface area contributed by atoms with Crippen molar-refractivity contribution in [2.24, 2.45) is 10.4 Å². The van der Waals surface area contributed by atoms with Gasteiger partial charge in [-0.25, -0.2) is 4.98 Å². The lowest BCUT2D eigenvalue weighted by Gasteiger charge is -2.35. The molecule has 1 saturated heterocycles. The zero-order valence-corrected chi connectivity index (χ0v) is 39.0. The summed E-state index contributed by atoms with van der Waals surface area (Å²) in [7, 11) is 0. The summed E-state index contributed by atoms with van der Waals surface area (Å²) in [6, 6.07) is 15.9. The van der Waals surface area contributed by atoms with Crippen LogP contribution in [0.5, 0.6) is 0 Å². The van der Waals surface area contributed by atoms with E-state index in [1.807, 2.05) is 114 Å². The number of β-amino-alcohol motifs (C(OH)–C–C–N with tert-alkyl or cyclic N) is 1. The van der Waals surface area contributed by atoms with Crippen LogP contribution in [0, 0.1) is 33.1 Å². The van der Waals surface area contributed by atoms with Crippen LogP contribution in [0.2, 0.25) is 0 Å². The minimum Gasteiger partial charge on any atom is -0.481 e. The first kappa shape index (κ1) is 45.1. The summed E-state index contributed by atoms with van der Waals surface area (Å²) in [4.78, 5) is 71.3. The van der Waals surface area contributed by atoms with Gasteiger partial charge in [0.05, 0.1) is 40.4 Å². The average Bonchev–Trinajstić information content (AvgIpc) is 4.04. The molecule has 8 rings (SSSR count). The number of aliphatic hydroxyl groups excluding tert-OH is 1. The molecule has 336 valence electrons. The highest BCUT2D eigenvalue weighted by molar-refractivity contribution is 7.15. The number of hydrogen-bond acceptors (Lipinski definition) is 12. The predicted octanol–water partition coefficient (Wildman–Crippen LogP) is 7.10. The quantitative estimate of drug-likeness (QED) is 0.104. The Bertz CT molecular complexity index is 2820. The fourth-order valence-electron chi connectivity index (χ4n) is 8.43. The van der Waals surface area contributed by atoms with Crippen LogP contribution in [0.3, 0.4) is 0 Å². The maximum Gasteiger partial charge on any atom is 0.306 e. The van der Waals surface area contributed by atoms with E-state index >= 15 is 0 Å². The lowest BCUT2D eigenvalue weighted by atomic mass is 9.85. The van der Waals surface area contributed by atoms with E-state index in [2.05, 4.69) is 30.8 Å². The van der Waals surface area contributed by atoms with Crippen LogP contribution >= 0.6 is 22.7 Å². The molecule has 0 bridgehead atoms. The van der Waals surface area contributed by atoms with Gasteiger partial charge in [0.1, 0.15) is 34.6 Å². The number of aliphatic hydroxyl groups is 1. The monoisotopic (exact) mass is 913 g/mol. The second-order valence-electron chi connectivity index (χ2n) is 17.8. The number of nitrogens with zero attached hydrogens (tertiary/aromatic N) is 7. The van der Waals surface area contributed by atoms with Gasteiger partial charge in [-0.05, 0) is 68.4 Å². The Morgan fingerprint density at radius 3 is 2.18 bits per heavy atom. The number of fused-ring (bicyclic) bond motifs is 3. The third-order valence-electron chi connectivity index (χ3n) is 12.1. The number of aliphatic imine (C=N–C) groups is 1. The van der Waals surface area contributed by atoms with Crippen LogP contribution in [0.1, 0.15) is 108 Å². The lowest BCUT2D eigenvalue weighted by molar-refractivity contribution is -0.142. The highest BCUT2D eigenvalue weighted by Crippen LogP contribution is 2.40. The van der Waals surface area contributed by atoms with Crippen molar-refractivity contribution in [2.45, 2.75) is 98.5 Å². The maximum atomic E-state index is 14.3. The van der Waals surface area contributed by atoms with E-state index in [0.29, 0.717) is 17.4 Å². The van der Waals surface area contributed by atoms with Crippen LogP contribution in [-0.4, -0.2) is 94.0 Å². The number of carboxylic acids is 1. The number of aryl methyl sites for hydroxylation is 3. The first-order chi connectivity index (χ1) is 30.9. The summed E-state index contributed by atoms with van der Waals surface area (Å²) in [6.45, 7) is 15.2. The third kappa shape index (κ3) is 9.00. The molecule has 6 aromatic rings. The van der Waals surface area contributed by atoms with Crippen molar-refractivity contribution >= 4 is 52.1 Å². The molecule has 0 spiro atoms. The molecule has 0 unspecified atom stereocenters. The lowest BCUT2D eigenvalue weighted by Crippen LogP contribution is -2.58. The Kier molecular flexibility index (Phi) is 12.4. The Morgan fingerprint density at radius 2 is 1.55 bits per heavy atom. The van der Waals surface area contributed by atoms with Crippen LogP contribution in [0.15, 0.2) is 77.4 Å². The zero-order valence-electron chi connectivity index (χ0n) is 37.4. The number of aromatic nitrogens is 5. The molecule has 0 aliphatic carbocycles. The molecule has 1 fully saturated rings. The van der Waals surface area contributed by atoms with E-state index in [4.69, 9.17) is 4.99 Å².